The van der Waals surface area contributed by atoms with Gasteiger partial charge in [-0.25, -0.2) is 4.68 Å². The van der Waals surface area contributed by atoms with Crippen LogP contribution >= 0.6 is 35.4 Å². The summed E-state index contributed by atoms with van der Waals surface area (Å²) in [7, 11) is 0. The summed E-state index contributed by atoms with van der Waals surface area (Å²) in [6, 6.07) is 11.2. The average molecular weight is 453 g/mol. The van der Waals surface area contributed by atoms with Crippen molar-refractivity contribution in [1.82, 2.24) is 14.9 Å². The minimum absolute atomic E-state index is 0.317. The van der Waals surface area contributed by atoms with E-state index in [2.05, 4.69) is 15.6 Å². The molecule has 2 N–H and O–H groups in total. The first-order chi connectivity index (χ1) is 14.0. The molecule has 0 bridgehead atoms. The normalized spacial score (nSPS) is 10.8. The van der Waals surface area contributed by atoms with Crippen LogP contribution in [0.2, 0.25) is 10.0 Å². The summed E-state index contributed by atoms with van der Waals surface area (Å²) >= 11 is 18.0. The standard InChI is InChI=1S/C20H22Cl2N4O2S/c1-3-19-24-25-20(29)26(19)23-11-14-9-17(27-4-2)18(10-16(14)22)28-12-13-7-5-6-8-15(13)21/h5-10,23H,3-4,11-12H2,1-2H3,(H,25,29). The lowest BCUT2D eigenvalue weighted by Gasteiger charge is -2.16. The molecule has 0 radical (unpaired) electrons. The summed E-state index contributed by atoms with van der Waals surface area (Å²) in [5.41, 5.74) is 4.99. The number of rotatable bonds is 9. The predicted molar refractivity (Wildman–Crippen MR) is 118 cm³/mol. The fourth-order valence-corrected chi connectivity index (χ4v) is 3.39. The van der Waals surface area contributed by atoms with Gasteiger partial charge < -0.3 is 14.9 Å². The van der Waals surface area contributed by atoms with Gasteiger partial charge in [0, 0.05) is 28.1 Å². The zero-order chi connectivity index (χ0) is 20.8. The molecule has 6 nitrogen and oxygen atoms in total. The van der Waals surface area contributed by atoms with Crippen LogP contribution in [0.4, 0.5) is 0 Å². The highest BCUT2D eigenvalue weighted by atomic mass is 35.5. The molecule has 0 saturated carbocycles. The lowest BCUT2D eigenvalue weighted by atomic mass is 10.2. The number of H-pyrrole nitrogens is 1. The van der Waals surface area contributed by atoms with E-state index in [9.17, 15) is 0 Å². The summed E-state index contributed by atoms with van der Waals surface area (Å²) in [5.74, 6) is 2.00. The van der Waals surface area contributed by atoms with Crippen molar-refractivity contribution in [2.75, 3.05) is 12.0 Å². The van der Waals surface area contributed by atoms with Crippen LogP contribution in [0.5, 0.6) is 11.5 Å². The minimum atomic E-state index is 0.317. The second-order valence-corrected chi connectivity index (χ2v) is 7.37. The number of hydrogen-bond acceptors (Lipinski definition) is 5. The van der Waals surface area contributed by atoms with Crippen molar-refractivity contribution in [3.05, 3.63) is 68.2 Å². The Balaban J connectivity index is 1.79. The van der Waals surface area contributed by atoms with Crippen molar-refractivity contribution in [3.63, 3.8) is 0 Å². The molecule has 2 aromatic carbocycles. The van der Waals surface area contributed by atoms with Crippen molar-refractivity contribution >= 4 is 35.4 Å². The van der Waals surface area contributed by atoms with Gasteiger partial charge in [-0.05, 0) is 36.8 Å². The van der Waals surface area contributed by atoms with Gasteiger partial charge in [-0.3, -0.25) is 5.10 Å². The van der Waals surface area contributed by atoms with Gasteiger partial charge in [-0.1, -0.05) is 48.3 Å². The third kappa shape index (κ3) is 5.23. The van der Waals surface area contributed by atoms with Crippen molar-refractivity contribution in [2.45, 2.75) is 33.4 Å². The van der Waals surface area contributed by atoms with Gasteiger partial charge in [0.2, 0.25) is 4.77 Å². The topological polar surface area (TPSA) is 64.1 Å². The maximum absolute atomic E-state index is 6.51. The molecule has 1 aromatic heterocycles. The van der Waals surface area contributed by atoms with Gasteiger partial charge in [-0.2, -0.15) is 5.10 Å². The molecule has 0 spiro atoms. The summed E-state index contributed by atoms with van der Waals surface area (Å²) in [5, 5.41) is 8.18. The summed E-state index contributed by atoms with van der Waals surface area (Å²) < 4.78 is 14.0. The molecule has 3 rings (SSSR count). The Hall–Kier alpha value is -2.22. The van der Waals surface area contributed by atoms with Crippen LogP contribution < -0.4 is 14.9 Å². The number of nitrogens with one attached hydrogen (secondary N) is 2. The van der Waals surface area contributed by atoms with Gasteiger partial charge in [0.25, 0.3) is 0 Å². The Bertz CT molecular complexity index is 1040. The third-order valence-electron chi connectivity index (χ3n) is 4.24. The van der Waals surface area contributed by atoms with E-state index in [1.54, 1.807) is 10.7 Å². The first-order valence-electron chi connectivity index (χ1n) is 9.25. The van der Waals surface area contributed by atoms with Gasteiger partial charge in [-0.15, -0.1) is 0 Å². The van der Waals surface area contributed by atoms with E-state index in [-0.39, 0.29) is 0 Å². The fourth-order valence-electron chi connectivity index (χ4n) is 2.76. The third-order valence-corrected chi connectivity index (χ3v) is 5.23. The maximum atomic E-state index is 6.51. The largest absolute Gasteiger partial charge is 0.490 e. The van der Waals surface area contributed by atoms with Crippen molar-refractivity contribution in [1.29, 1.82) is 0 Å². The Kier molecular flexibility index (Phi) is 7.41. The van der Waals surface area contributed by atoms with Crippen LogP contribution in [0.3, 0.4) is 0 Å². The number of halogens is 2. The van der Waals surface area contributed by atoms with E-state index in [0.29, 0.717) is 46.1 Å². The number of aryl methyl sites for hydroxylation is 1. The molecule has 29 heavy (non-hydrogen) atoms. The molecule has 0 aliphatic rings. The molecule has 0 aliphatic carbocycles. The lowest BCUT2D eigenvalue weighted by Crippen LogP contribution is -2.17. The molecule has 9 heteroatoms. The second kappa shape index (κ2) is 10.0. The van der Waals surface area contributed by atoms with E-state index in [1.165, 1.54) is 0 Å². The Morgan fingerprint density at radius 1 is 1.07 bits per heavy atom. The molecule has 1 heterocycles. The van der Waals surface area contributed by atoms with Crippen LogP contribution in [-0.2, 0) is 19.6 Å². The van der Waals surface area contributed by atoms with Gasteiger partial charge in [0.05, 0.1) is 13.2 Å². The quantitative estimate of drug-likeness (QED) is 0.417. The highest BCUT2D eigenvalue weighted by Gasteiger charge is 2.13. The van der Waals surface area contributed by atoms with Gasteiger partial charge >= 0.3 is 0 Å². The van der Waals surface area contributed by atoms with E-state index >= 15 is 0 Å². The lowest BCUT2D eigenvalue weighted by molar-refractivity contribution is 0.269. The highest BCUT2D eigenvalue weighted by molar-refractivity contribution is 7.71. The predicted octanol–water partition coefficient (Wildman–Crippen LogP) is 5.53. The van der Waals surface area contributed by atoms with Gasteiger partial charge in [0.1, 0.15) is 6.61 Å². The zero-order valence-corrected chi connectivity index (χ0v) is 18.5. The molecule has 3 aromatic rings. The molecule has 0 unspecified atom stereocenters. The average Bonchev–Trinajstić information content (AvgIpc) is 3.07. The number of aromatic amines is 1. The van der Waals surface area contributed by atoms with Crippen LogP contribution in [0.1, 0.15) is 30.8 Å². The summed E-state index contributed by atoms with van der Waals surface area (Å²) in [4.78, 5) is 0. The van der Waals surface area contributed by atoms with Crippen LogP contribution in [-0.4, -0.2) is 21.5 Å². The first-order valence-corrected chi connectivity index (χ1v) is 10.4. The second-order valence-electron chi connectivity index (χ2n) is 6.17. The summed E-state index contributed by atoms with van der Waals surface area (Å²) in [6.07, 6.45) is 0.743. The number of ether oxygens (including phenoxy) is 2. The first kappa shape index (κ1) is 21.5. The number of aromatic nitrogens is 3. The zero-order valence-electron chi connectivity index (χ0n) is 16.2. The monoisotopic (exact) mass is 452 g/mol. The maximum Gasteiger partial charge on any atom is 0.214 e. The molecular formula is C20H22Cl2N4O2S. The number of benzene rings is 2. The highest BCUT2D eigenvalue weighted by Crippen LogP contribution is 2.34. The van der Waals surface area contributed by atoms with Crippen molar-refractivity contribution in [3.8, 4) is 11.5 Å². The van der Waals surface area contributed by atoms with Gasteiger partial charge in [0.15, 0.2) is 17.3 Å². The molecule has 0 amide bonds. The Morgan fingerprint density at radius 2 is 1.83 bits per heavy atom. The minimum Gasteiger partial charge on any atom is -0.490 e. The van der Waals surface area contributed by atoms with E-state index < -0.39 is 0 Å². The van der Waals surface area contributed by atoms with E-state index in [4.69, 9.17) is 44.9 Å². The van der Waals surface area contributed by atoms with E-state index in [1.807, 2.05) is 44.2 Å². The molecule has 0 atom stereocenters. The molecule has 0 saturated heterocycles. The SMILES string of the molecule is CCOc1cc(CNn2c(CC)n[nH]c2=S)c(Cl)cc1OCc1ccccc1Cl. The van der Waals surface area contributed by atoms with Crippen LogP contribution in [0, 0.1) is 4.77 Å². The van der Waals surface area contributed by atoms with Crippen molar-refractivity contribution < 1.29 is 9.47 Å². The van der Waals surface area contributed by atoms with Crippen molar-refractivity contribution in [2.24, 2.45) is 0 Å². The fraction of sp³-hybridized carbons (Fsp3) is 0.300. The molecule has 0 aliphatic heterocycles. The molecular weight excluding hydrogens is 431 g/mol. The van der Waals surface area contributed by atoms with Crippen LogP contribution in [0.15, 0.2) is 36.4 Å². The smallest absolute Gasteiger partial charge is 0.214 e. The molecule has 154 valence electrons. The number of nitrogens with zero attached hydrogens (tertiary/aromatic N) is 2. The number of hydrogen-bond donors (Lipinski definition) is 2. The Morgan fingerprint density at radius 3 is 2.55 bits per heavy atom. The van der Waals surface area contributed by atoms with E-state index in [0.717, 1.165) is 23.4 Å². The molecule has 0 fully saturated rings. The van der Waals surface area contributed by atoms with Crippen LogP contribution in [0.25, 0.3) is 0 Å². The Labute approximate surface area is 184 Å². The summed E-state index contributed by atoms with van der Waals surface area (Å²) in [6.45, 7) is 5.20.